The summed E-state index contributed by atoms with van der Waals surface area (Å²) >= 11 is 0. The normalized spacial score (nSPS) is 4.50. The summed E-state index contributed by atoms with van der Waals surface area (Å²) in [7, 11) is -2.92. The van der Waals surface area contributed by atoms with Crippen LogP contribution in [0.5, 0.6) is 0 Å². The Morgan fingerprint density at radius 3 is 1.10 bits per heavy atom. The Labute approximate surface area is 127 Å². The van der Waals surface area contributed by atoms with Crippen molar-refractivity contribution in [3.8, 4) is 0 Å². The van der Waals surface area contributed by atoms with Gasteiger partial charge in [-0.3, -0.25) is 7.32 Å². The molecular weight excluding hydrogens is 168 g/mol. The maximum atomic E-state index is 8.42. The summed E-state index contributed by atoms with van der Waals surface area (Å²) in [5.74, 6) is 0. The molecule has 4 nitrogen and oxygen atoms in total. The Kier molecular flexibility index (Phi) is 86.9. The maximum Gasteiger partial charge on any atom is 1.00 e. The van der Waals surface area contributed by atoms with Crippen LogP contribution in [0.4, 0.5) is 0 Å². The molecule has 0 aromatic heterocycles. The quantitative estimate of drug-likeness (QED) is 0.369. The van der Waals surface area contributed by atoms with Crippen molar-refractivity contribution < 1.29 is 109 Å². The molecule has 0 aliphatic rings. The molecule has 0 aromatic carbocycles. The molecule has 0 saturated heterocycles. The molecule has 0 rings (SSSR count). The van der Waals surface area contributed by atoms with Gasteiger partial charge < -0.3 is 20.2 Å². The molecule has 0 fully saturated rings. The standard InChI is InChI=1S/C2H6O.BO3.3Na/c1-2-3;2-1(3)4;;;/h3H,2H2,1H3;;;;/q;-3;3*+1. The van der Waals surface area contributed by atoms with Crippen LogP contribution in [0, 0.1) is 0 Å². The smallest absolute Gasteiger partial charge is 0.907 e. The first-order valence-corrected chi connectivity index (χ1v) is 1.73. The number of aliphatic hydroxyl groups excluding tert-OH is 1. The van der Waals surface area contributed by atoms with E-state index in [4.69, 9.17) is 20.2 Å². The van der Waals surface area contributed by atoms with E-state index in [1.807, 2.05) is 0 Å². The summed E-state index contributed by atoms with van der Waals surface area (Å²) in [6.07, 6.45) is 0. The van der Waals surface area contributed by atoms with Gasteiger partial charge in [-0.1, -0.05) is 0 Å². The second kappa shape index (κ2) is 29.7. The Morgan fingerprint density at radius 1 is 1.10 bits per heavy atom. The molecule has 0 aromatic rings. The fourth-order valence-corrected chi connectivity index (χ4v) is 0. The predicted octanol–water partition coefficient (Wildman–Crippen LogP) is -12.9. The molecule has 0 spiro atoms. The first-order valence-electron chi connectivity index (χ1n) is 1.73. The third-order valence-electron chi connectivity index (χ3n) is 0. The van der Waals surface area contributed by atoms with E-state index in [1.54, 1.807) is 6.92 Å². The number of hydrogen-bond acceptors (Lipinski definition) is 4. The number of hydrogen-bond donors (Lipinski definition) is 1. The van der Waals surface area contributed by atoms with Crippen molar-refractivity contribution in [2.75, 3.05) is 6.61 Å². The maximum absolute atomic E-state index is 8.42. The summed E-state index contributed by atoms with van der Waals surface area (Å²) < 4.78 is 0. The summed E-state index contributed by atoms with van der Waals surface area (Å²) in [5, 5.41) is 32.8. The molecule has 0 aliphatic carbocycles. The van der Waals surface area contributed by atoms with Gasteiger partial charge in [-0.15, -0.1) is 0 Å². The van der Waals surface area contributed by atoms with Crippen LogP contribution in [0.1, 0.15) is 6.92 Å². The average molecular weight is 174 g/mol. The van der Waals surface area contributed by atoms with Gasteiger partial charge in [0.25, 0.3) is 0 Å². The minimum atomic E-state index is -2.92. The van der Waals surface area contributed by atoms with E-state index in [0.717, 1.165) is 0 Å². The van der Waals surface area contributed by atoms with Crippen LogP contribution < -0.4 is 104 Å². The van der Waals surface area contributed by atoms with Crippen LogP contribution in [0.15, 0.2) is 0 Å². The van der Waals surface area contributed by atoms with Gasteiger partial charge in [0.05, 0.1) is 0 Å². The monoisotopic (exact) mass is 174 g/mol. The molecule has 0 unspecified atom stereocenters. The Balaban J connectivity index is -0.0000000131. The molecule has 0 heterocycles. The minimum Gasteiger partial charge on any atom is -0.907 e. The third-order valence-corrected chi connectivity index (χ3v) is 0. The Hall–Kier alpha value is 2.90. The van der Waals surface area contributed by atoms with Gasteiger partial charge in [0.15, 0.2) is 0 Å². The first kappa shape index (κ1) is 29.3. The van der Waals surface area contributed by atoms with E-state index in [2.05, 4.69) is 0 Å². The van der Waals surface area contributed by atoms with Gasteiger partial charge in [0, 0.05) is 6.61 Å². The van der Waals surface area contributed by atoms with E-state index in [0.29, 0.717) is 0 Å². The summed E-state index contributed by atoms with van der Waals surface area (Å²) in [5.41, 5.74) is 0. The zero-order valence-electron chi connectivity index (χ0n) is 6.96. The molecule has 0 bridgehead atoms. The number of rotatable bonds is 0. The fourth-order valence-electron chi connectivity index (χ4n) is 0. The van der Waals surface area contributed by atoms with E-state index in [9.17, 15) is 0 Å². The van der Waals surface area contributed by atoms with Crippen molar-refractivity contribution >= 4 is 7.32 Å². The summed E-state index contributed by atoms with van der Waals surface area (Å²) in [6.45, 7) is 1.93. The summed E-state index contributed by atoms with van der Waals surface area (Å²) in [6, 6.07) is 0. The molecule has 0 saturated carbocycles. The van der Waals surface area contributed by atoms with Crippen LogP contribution in [-0.2, 0) is 0 Å². The van der Waals surface area contributed by atoms with Crippen molar-refractivity contribution in [3.63, 3.8) is 0 Å². The molecule has 1 N–H and O–H groups in total. The van der Waals surface area contributed by atoms with Gasteiger partial charge in [0.1, 0.15) is 0 Å². The van der Waals surface area contributed by atoms with Crippen LogP contribution >= 0.6 is 0 Å². The molecule has 0 radical (unpaired) electrons. The van der Waals surface area contributed by atoms with Gasteiger partial charge in [-0.05, 0) is 6.92 Å². The van der Waals surface area contributed by atoms with E-state index in [-0.39, 0.29) is 95.3 Å². The minimum absolute atomic E-state index is 0. The van der Waals surface area contributed by atoms with Crippen LogP contribution in [0.2, 0.25) is 0 Å². The van der Waals surface area contributed by atoms with Crippen molar-refractivity contribution in [1.29, 1.82) is 0 Å². The molecule has 0 atom stereocenters. The molecule has 10 heavy (non-hydrogen) atoms. The average Bonchev–Trinajstić information content (AvgIpc) is 1.33. The summed E-state index contributed by atoms with van der Waals surface area (Å²) in [4.78, 5) is 0. The van der Waals surface area contributed by atoms with E-state index < -0.39 is 7.32 Å². The molecular formula is C2H6BNa3O4. The van der Waals surface area contributed by atoms with Crippen LogP contribution in [0.3, 0.4) is 0 Å². The van der Waals surface area contributed by atoms with Gasteiger partial charge in [0.2, 0.25) is 0 Å². The zero-order valence-corrected chi connectivity index (χ0v) is 13.0. The Bertz CT molecular complexity index is 29.7. The molecule has 8 heteroatoms. The van der Waals surface area contributed by atoms with Crippen molar-refractivity contribution in [3.05, 3.63) is 0 Å². The van der Waals surface area contributed by atoms with Gasteiger partial charge in [-0.25, -0.2) is 0 Å². The zero-order chi connectivity index (χ0) is 6.28. The largest absolute Gasteiger partial charge is 1.00 e. The van der Waals surface area contributed by atoms with Gasteiger partial charge in [-0.2, -0.15) is 0 Å². The first-order chi connectivity index (χ1) is 3.15. The molecule has 0 amide bonds. The second-order valence-electron chi connectivity index (χ2n) is 0.605. The van der Waals surface area contributed by atoms with Crippen LogP contribution in [-0.4, -0.2) is 19.0 Å². The van der Waals surface area contributed by atoms with Gasteiger partial charge >= 0.3 is 88.7 Å². The third kappa shape index (κ3) is 127. The van der Waals surface area contributed by atoms with Crippen LogP contribution in [0.25, 0.3) is 0 Å². The SMILES string of the molecule is CCO.[Na+].[Na+].[Na+].[O-]B([O-])[O-]. The predicted molar refractivity (Wildman–Crippen MR) is 18.5 cm³/mol. The van der Waals surface area contributed by atoms with Crippen molar-refractivity contribution in [2.45, 2.75) is 6.92 Å². The molecule has 44 valence electrons. The van der Waals surface area contributed by atoms with E-state index in [1.165, 1.54) is 0 Å². The second-order valence-corrected chi connectivity index (χ2v) is 0.605. The van der Waals surface area contributed by atoms with Crippen molar-refractivity contribution in [1.82, 2.24) is 0 Å². The van der Waals surface area contributed by atoms with Crippen molar-refractivity contribution in [2.24, 2.45) is 0 Å². The topological polar surface area (TPSA) is 89.4 Å². The van der Waals surface area contributed by atoms with E-state index >= 15 is 0 Å². The number of aliphatic hydroxyl groups is 1. The Morgan fingerprint density at radius 2 is 1.10 bits per heavy atom. The fraction of sp³-hybridized carbons (Fsp3) is 1.00. The molecule has 0 aliphatic heterocycles.